The van der Waals surface area contributed by atoms with E-state index < -0.39 is 5.60 Å². The fourth-order valence-electron chi connectivity index (χ4n) is 1.67. The Kier molecular flexibility index (Phi) is 5.26. The predicted molar refractivity (Wildman–Crippen MR) is 68.8 cm³/mol. The minimum atomic E-state index is -0.862. The number of hydrogen-bond donors (Lipinski definition) is 2. The molecular formula is C13H20ClNO. The van der Waals surface area contributed by atoms with Gasteiger partial charge in [0, 0.05) is 10.6 Å². The molecule has 0 saturated heterocycles. The molecule has 2 N–H and O–H groups in total. The summed E-state index contributed by atoms with van der Waals surface area (Å²) in [6.07, 6.45) is 1.77. The van der Waals surface area contributed by atoms with Crippen molar-refractivity contribution in [2.75, 3.05) is 13.1 Å². The quantitative estimate of drug-likeness (QED) is 0.751. The molecule has 3 heteroatoms. The highest BCUT2D eigenvalue weighted by Crippen LogP contribution is 2.29. The molecule has 0 fully saturated rings. The maximum atomic E-state index is 10.3. The average Bonchev–Trinajstić information content (AvgIpc) is 2.25. The van der Waals surface area contributed by atoms with E-state index in [-0.39, 0.29) is 0 Å². The third kappa shape index (κ3) is 3.78. The van der Waals surface area contributed by atoms with Crippen molar-refractivity contribution in [2.24, 2.45) is 0 Å². The van der Waals surface area contributed by atoms with E-state index in [0.29, 0.717) is 11.4 Å². The zero-order valence-corrected chi connectivity index (χ0v) is 10.7. The van der Waals surface area contributed by atoms with Gasteiger partial charge in [-0.25, -0.2) is 0 Å². The number of hydrogen-bond acceptors (Lipinski definition) is 2. The van der Waals surface area contributed by atoms with Crippen molar-refractivity contribution in [3.63, 3.8) is 0 Å². The van der Waals surface area contributed by atoms with Crippen LogP contribution in [0.1, 0.15) is 32.3 Å². The Morgan fingerprint density at radius 1 is 1.31 bits per heavy atom. The highest BCUT2D eigenvalue weighted by molar-refractivity contribution is 6.31. The van der Waals surface area contributed by atoms with Gasteiger partial charge in [0.2, 0.25) is 0 Å². The largest absolute Gasteiger partial charge is 0.385 e. The van der Waals surface area contributed by atoms with Gasteiger partial charge in [0.05, 0.1) is 5.60 Å². The van der Waals surface area contributed by atoms with E-state index >= 15 is 0 Å². The van der Waals surface area contributed by atoms with Crippen molar-refractivity contribution in [1.29, 1.82) is 0 Å². The summed E-state index contributed by atoms with van der Waals surface area (Å²) in [4.78, 5) is 0. The summed E-state index contributed by atoms with van der Waals surface area (Å²) < 4.78 is 0. The minimum absolute atomic E-state index is 0.628. The molecule has 0 aliphatic heterocycles. The lowest BCUT2D eigenvalue weighted by atomic mass is 9.92. The summed E-state index contributed by atoms with van der Waals surface area (Å²) in [7, 11) is 0. The lowest BCUT2D eigenvalue weighted by Gasteiger charge is -2.25. The van der Waals surface area contributed by atoms with Crippen LogP contribution in [0.4, 0.5) is 0 Å². The van der Waals surface area contributed by atoms with Gasteiger partial charge in [-0.05, 0) is 38.9 Å². The molecule has 1 unspecified atom stereocenters. The summed E-state index contributed by atoms with van der Waals surface area (Å²) in [6, 6.07) is 7.46. The number of halogens is 1. The second-order valence-electron chi connectivity index (χ2n) is 4.25. The predicted octanol–water partition coefficient (Wildman–Crippen LogP) is 2.94. The second kappa shape index (κ2) is 6.24. The molecule has 0 bridgehead atoms. The van der Waals surface area contributed by atoms with Gasteiger partial charge >= 0.3 is 0 Å². The first-order chi connectivity index (χ1) is 7.58. The smallest absolute Gasteiger partial charge is 0.0895 e. The van der Waals surface area contributed by atoms with Gasteiger partial charge in [-0.15, -0.1) is 0 Å². The Hall–Kier alpha value is -0.570. The number of aliphatic hydroxyl groups is 1. The SMILES string of the molecule is CCCNCCC(C)(O)c1ccccc1Cl. The van der Waals surface area contributed by atoms with E-state index in [1.807, 2.05) is 31.2 Å². The van der Waals surface area contributed by atoms with E-state index in [2.05, 4.69) is 12.2 Å². The number of nitrogens with one attached hydrogen (secondary N) is 1. The minimum Gasteiger partial charge on any atom is -0.385 e. The van der Waals surface area contributed by atoms with Gasteiger partial charge in [-0.1, -0.05) is 36.7 Å². The molecule has 16 heavy (non-hydrogen) atoms. The van der Waals surface area contributed by atoms with E-state index in [0.717, 1.165) is 25.1 Å². The molecule has 1 atom stereocenters. The van der Waals surface area contributed by atoms with Crippen molar-refractivity contribution in [2.45, 2.75) is 32.3 Å². The molecule has 1 aromatic carbocycles. The van der Waals surface area contributed by atoms with Crippen LogP contribution in [0.2, 0.25) is 5.02 Å². The zero-order valence-electron chi connectivity index (χ0n) is 9.96. The van der Waals surface area contributed by atoms with Crippen LogP contribution < -0.4 is 5.32 Å². The normalized spacial score (nSPS) is 14.8. The molecule has 90 valence electrons. The van der Waals surface area contributed by atoms with Crippen molar-refractivity contribution in [1.82, 2.24) is 5.32 Å². The standard InChI is InChI=1S/C13H20ClNO/c1-3-9-15-10-8-13(2,16)11-6-4-5-7-12(11)14/h4-7,15-16H,3,8-10H2,1-2H3. The lowest BCUT2D eigenvalue weighted by Crippen LogP contribution is -2.28. The molecule has 2 nitrogen and oxygen atoms in total. The van der Waals surface area contributed by atoms with Crippen LogP contribution >= 0.6 is 11.6 Å². The van der Waals surface area contributed by atoms with Crippen LogP contribution in [0.25, 0.3) is 0 Å². The number of benzene rings is 1. The summed E-state index contributed by atoms with van der Waals surface area (Å²) in [5.74, 6) is 0. The molecule has 0 aromatic heterocycles. The Bertz CT molecular complexity index is 325. The monoisotopic (exact) mass is 241 g/mol. The molecule has 0 heterocycles. The summed E-state index contributed by atoms with van der Waals surface area (Å²) in [5.41, 5.74) is -0.0611. The average molecular weight is 242 g/mol. The maximum absolute atomic E-state index is 10.3. The highest BCUT2D eigenvalue weighted by Gasteiger charge is 2.24. The van der Waals surface area contributed by atoms with Gasteiger partial charge in [0.15, 0.2) is 0 Å². The first-order valence-corrected chi connectivity index (χ1v) is 6.14. The topological polar surface area (TPSA) is 32.3 Å². The molecule has 0 saturated carbocycles. The van der Waals surface area contributed by atoms with Gasteiger partial charge in [-0.2, -0.15) is 0 Å². The van der Waals surface area contributed by atoms with E-state index in [1.54, 1.807) is 0 Å². The molecule has 0 spiro atoms. The summed E-state index contributed by atoms with van der Waals surface area (Å²) in [5, 5.41) is 14.2. The number of rotatable bonds is 6. The van der Waals surface area contributed by atoms with Crippen molar-refractivity contribution >= 4 is 11.6 Å². The van der Waals surface area contributed by atoms with E-state index in [1.165, 1.54) is 0 Å². The Morgan fingerprint density at radius 3 is 2.62 bits per heavy atom. The fraction of sp³-hybridized carbons (Fsp3) is 0.538. The first kappa shape index (κ1) is 13.5. The van der Waals surface area contributed by atoms with Crippen molar-refractivity contribution < 1.29 is 5.11 Å². The van der Waals surface area contributed by atoms with Crippen LogP contribution in [-0.2, 0) is 5.60 Å². The first-order valence-electron chi connectivity index (χ1n) is 5.76. The van der Waals surface area contributed by atoms with E-state index in [9.17, 15) is 5.11 Å². The van der Waals surface area contributed by atoms with Crippen LogP contribution in [0, 0.1) is 0 Å². The van der Waals surface area contributed by atoms with Crippen LogP contribution in [0.3, 0.4) is 0 Å². The van der Waals surface area contributed by atoms with Crippen molar-refractivity contribution in [3.8, 4) is 0 Å². The van der Waals surface area contributed by atoms with Crippen LogP contribution in [0.15, 0.2) is 24.3 Å². The van der Waals surface area contributed by atoms with Gasteiger partial charge < -0.3 is 10.4 Å². The highest BCUT2D eigenvalue weighted by atomic mass is 35.5. The van der Waals surface area contributed by atoms with Crippen LogP contribution in [0.5, 0.6) is 0 Å². The molecule has 0 amide bonds. The second-order valence-corrected chi connectivity index (χ2v) is 4.66. The molecule has 1 aromatic rings. The summed E-state index contributed by atoms with van der Waals surface area (Å²) in [6.45, 7) is 5.71. The van der Waals surface area contributed by atoms with E-state index in [4.69, 9.17) is 11.6 Å². The third-order valence-electron chi connectivity index (χ3n) is 2.67. The van der Waals surface area contributed by atoms with Crippen LogP contribution in [-0.4, -0.2) is 18.2 Å². The summed E-state index contributed by atoms with van der Waals surface area (Å²) >= 11 is 6.07. The molecule has 1 rings (SSSR count). The van der Waals surface area contributed by atoms with Gasteiger partial charge in [-0.3, -0.25) is 0 Å². The Balaban J connectivity index is 2.59. The Labute approximate surface area is 103 Å². The lowest BCUT2D eigenvalue weighted by molar-refractivity contribution is 0.0482. The Morgan fingerprint density at radius 2 is 2.00 bits per heavy atom. The maximum Gasteiger partial charge on any atom is 0.0895 e. The molecule has 0 radical (unpaired) electrons. The van der Waals surface area contributed by atoms with Gasteiger partial charge in [0.1, 0.15) is 0 Å². The molecule has 0 aliphatic carbocycles. The zero-order chi connectivity index (χ0) is 12.0. The van der Waals surface area contributed by atoms with Gasteiger partial charge in [0.25, 0.3) is 0 Å². The molecular weight excluding hydrogens is 222 g/mol. The third-order valence-corrected chi connectivity index (χ3v) is 3.00. The fourth-order valence-corrected chi connectivity index (χ4v) is 2.01. The molecule has 0 aliphatic rings. The van der Waals surface area contributed by atoms with Crippen molar-refractivity contribution in [3.05, 3.63) is 34.9 Å².